The highest BCUT2D eigenvalue weighted by atomic mass is 16.7. The summed E-state index contributed by atoms with van der Waals surface area (Å²) in [7, 11) is 4.34. The monoisotopic (exact) mass is 224 g/mol. The molecule has 0 fully saturated rings. The van der Waals surface area contributed by atoms with Crippen LogP contribution in [0.2, 0.25) is 0 Å². The van der Waals surface area contributed by atoms with Crippen molar-refractivity contribution in [2.24, 2.45) is 0 Å². The van der Waals surface area contributed by atoms with Gasteiger partial charge in [-0.1, -0.05) is 30.3 Å². The van der Waals surface area contributed by atoms with Crippen LogP contribution in [0.25, 0.3) is 0 Å². The Bertz CT molecular complexity index is 330. The molecule has 16 heavy (non-hydrogen) atoms. The quantitative estimate of drug-likeness (QED) is 0.564. The van der Waals surface area contributed by atoms with Gasteiger partial charge in [0.1, 0.15) is 6.42 Å². The summed E-state index contributed by atoms with van der Waals surface area (Å²) < 4.78 is 15.3. The van der Waals surface area contributed by atoms with Crippen LogP contribution in [0.5, 0.6) is 0 Å². The fraction of sp³-hybridized carbons (Fsp3) is 0.417. The van der Waals surface area contributed by atoms with Crippen LogP contribution < -0.4 is 0 Å². The minimum atomic E-state index is -1.08. The van der Waals surface area contributed by atoms with Crippen LogP contribution in [-0.4, -0.2) is 27.3 Å². The van der Waals surface area contributed by atoms with Crippen LogP contribution in [-0.2, 0) is 24.8 Å². The smallest absolute Gasteiger partial charge is 0.311 e. The van der Waals surface area contributed by atoms with Gasteiger partial charge in [0.2, 0.25) is 5.79 Å². The number of rotatable bonds is 5. The Balaban J connectivity index is 3.01. The number of benzene rings is 1. The molecule has 0 aromatic heterocycles. The van der Waals surface area contributed by atoms with Crippen LogP contribution in [0, 0.1) is 0 Å². The average molecular weight is 224 g/mol. The van der Waals surface area contributed by atoms with Gasteiger partial charge in [-0.15, -0.1) is 0 Å². The molecule has 0 aliphatic rings. The SMILES string of the molecule is COC(=O)CC(OC)(OC)c1ccccc1. The number of carbonyl (C=O) groups excluding carboxylic acids is 1. The van der Waals surface area contributed by atoms with Crippen molar-refractivity contribution in [3.8, 4) is 0 Å². The molecule has 0 unspecified atom stereocenters. The van der Waals surface area contributed by atoms with E-state index in [2.05, 4.69) is 4.74 Å². The summed E-state index contributed by atoms with van der Waals surface area (Å²) in [6.45, 7) is 0. The minimum absolute atomic E-state index is 0.0144. The van der Waals surface area contributed by atoms with Gasteiger partial charge in [0.05, 0.1) is 7.11 Å². The number of hydrogen-bond acceptors (Lipinski definition) is 4. The Morgan fingerprint density at radius 2 is 1.69 bits per heavy atom. The zero-order valence-electron chi connectivity index (χ0n) is 9.73. The third kappa shape index (κ3) is 2.59. The van der Waals surface area contributed by atoms with Gasteiger partial charge >= 0.3 is 5.97 Å². The predicted octanol–water partition coefficient (Wildman–Crippen LogP) is 1.70. The van der Waals surface area contributed by atoms with Crippen LogP contribution in [0.15, 0.2) is 30.3 Å². The molecule has 0 bridgehead atoms. The van der Waals surface area contributed by atoms with E-state index in [0.717, 1.165) is 5.56 Å². The van der Waals surface area contributed by atoms with Gasteiger partial charge < -0.3 is 14.2 Å². The second kappa shape index (κ2) is 5.63. The molecule has 0 atom stereocenters. The van der Waals surface area contributed by atoms with Crippen molar-refractivity contribution in [2.45, 2.75) is 12.2 Å². The molecule has 0 amide bonds. The molecule has 4 heteroatoms. The van der Waals surface area contributed by atoms with Gasteiger partial charge in [0.25, 0.3) is 0 Å². The second-order valence-electron chi connectivity index (χ2n) is 3.28. The molecule has 1 aromatic rings. The lowest BCUT2D eigenvalue weighted by Crippen LogP contribution is -2.34. The van der Waals surface area contributed by atoms with Crippen molar-refractivity contribution in [3.05, 3.63) is 35.9 Å². The largest absolute Gasteiger partial charge is 0.469 e. The van der Waals surface area contributed by atoms with Crippen LogP contribution >= 0.6 is 0 Å². The van der Waals surface area contributed by atoms with E-state index in [1.165, 1.54) is 21.3 Å². The molecular formula is C12H16O4. The van der Waals surface area contributed by atoms with Crippen molar-refractivity contribution in [3.63, 3.8) is 0 Å². The molecule has 0 saturated heterocycles. The lowest BCUT2D eigenvalue weighted by Gasteiger charge is -2.30. The van der Waals surface area contributed by atoms with Gasteiger partial charge in [-0.3, -0.25) is 4.79 Å². The maximum absolute atomic E-state index is 11.3. The molecule has 0 radical (unpaired) electrons. The molecule has 0 aliphatic heterocycles. The highest BCUT2D eigenvalue weighted by Crippen LogP contribution is 2.29. The Hall–Kier alpha value is -1.39. The lowest BCUT2D eigenvalue weighted by molar-refractivity contribution is -0.224. The van der Waals surface area contributed by atoms with Gasteiger partial charge in [-0.2, -0.15) is 0 Å². The van der Waals surface area contributed by atoms with Gasteiger partial charge in [-0.25, -0.2) is 0 Å². The van der Waals surface area contributed by atoms with E-state index in [-0.39, 0.29) is 12.4 Å². The highest BCUT2D eigenvalue weighted by molar-refractivity contribution is 5.70. The van der Waals surface area contributed by atoms with Gasteiger partial charge in [0.15, 0.2) is 0 Å². The van der Waals surface area contributed by atoms with Crippen molar-refractivity contribution < 1.29 is 19.0 Å². The topological polar surface area (TPSA) is 44.8 Å². The maximum atomic E-state index is 11.3. The van der Waals surface area contributed by atoms with Crippen LogP contribution in [0.3, 0.4) is 0 Å². The summed E-state index contributed by atoms with van der Waals surface area (Å²) in [5, 5.41) is 0. The van der Waals surface area contributed by atoms with Crippen molar-refractivity contribution in [1.29, 1.82) is 0 Å². The summed E-state index contributed by atoms with van der Waals surface area (Å²) in [5.74, 6) is -1.46. The number of ether oxygens (including phenoxy) is 3. The first-order chi connectivity index (χ1) is 7.68. The summed E-state index contributed by atoms with van der Waals surface area (Å²) in [4.78, 5) is 11.3. The molecule has 4 nitrogen and oxygen atoms in total. The zero-order valence-corrected chi connectivity index (χ0v) is 9.73. The van der Waals surface area contributed by atoms with Gasteiger partial charge in [0, 0.05) is 19.8 Å². The Labute approximate surface area is 95.1 Å². The Morgan fingerprint density at radius 1 is 1.12 bits per heavy atom. The van der Waals surface area contributed by atoms with Crippen LogP contribution in [0.4, 0.5) is 0 Å². The molecular weight excluding hydrogens is 208 g/mol. The number of hydrogen-bond donors (Lipinski definition) is 0. The van der Waals surface area contributed by atoms with E-state index in [0.29, 0.717) is 0 Å². The average Bonchev–Trinajstić information content (AvgIpc) is 2.37. The van der Waals surface area contributed by atoms with E-state index in [4.69, 9.17) is 9.47 Å². The molecule has 0 aliphatic carbocycles. The van der Waals surface area contributed by atoms with E-state index in [1.807, 2.05) is 30.3 Å². The first-order valence-electron chi connectivity index (χ1n) is 4.91. The molecule has 0 spiro atoms. The van der Waals surface area contributed by atoms with Crippen molar-refractivity contribution >= 4 is 5.97 Å². The van der Waals surface area contributed by atoms with E-state index in [1.54, 1.807) is 0 Å². The standard InChI is InChI=1S/C12H16O4/c1-14-11(13)9-12(15-2,16-3)10-7-5-4-6-8-10/h4-8H,9H2,1-3H3. The summed E-state index contributed by atoms with van der Waals surface area (Å²) in [6.07, 6.45) is 0.0144. The third-order valence-corrected chi connectivity index (χ3v) is 2.48. The fourth-order valence-electron chi connectivity index (χ4n) is 1.52. The van der Waals surface area contributed by atoms with E-state index >= 15 is 0 Å². The number of methoxy groups -OCH3 is 3. The second-order valence-corrected chi connectivity index (χ2v) is 3.28. The lowest BCUT2D eigenvalue weighted by atomic mass is 10.0. The van der Waals surface area contributed by atoms with Crippen molar-refractivity contribution in [1.82, 2.24) is 0 Å². The number of carbonyl (C=O) groups is 1. The first-order valence-corrected chi connectivity index (χ1v) is 4.91. The maximum Gasteiger partial charge on any atom is 0.311 e. The van der Waals surface area contributed by atoms with E-state index < -0.39 is 5.79 Å². The minimum Gasteiger partial charge on any atom is -0.469 e. The molecule has 1 aromatic carbocycles. The first kappa shape index (κ1) is 12.7. The number of esters is 1. The Morgan fingerprint density at radius 3 is 2.12 bits per heavy atom. The predicted molar refractivity (Wildman–Crippen MR) is 58.8 cm³/mol. The van der Waals surface area contributed by atoms with Crippen LogP contribution in [0.1, 0.15) is 12.0 Å². The summed E-state index contributed by atoms with van der Waals surface area (Å²) in [6, 6.07) is 9.29. The molecule has 1 rings (SSSR count). The normalized spacial score (nSPS) is 11.2. The fourth-order valence-corrected chi connectivity index (χ4v) is 1.52. The Kier molecular flexibility index (Phi) is 4.46. The molecule has 0 saturated carbocycles. The van der Waals surface area contributed by atoms with Gasteiger partial charge in [-0.05, 0) is 0 Å². The third-order valence-electron chi connectivity index (χ3n) is 2.48. The molecule has 0 heterocycles. The summed E-state index contributed by atoms with van der Waals surface area (Å²) in [5.41, 5.74) is 0.783. The van der Waals surface area contributed by atoms with Crippen molar-refractivity contribution in [2.75, 3.05) is 21.3 Å². The molecule has 88 valence electrons. The van der Waals surface area contributed by atoms with E-state index in [9.17, 15) is 4.79 Å². The zero-order chi connectivity index (χ0) is 12.0. The molecule has 0 N–H and O–H groups in total. The summed E-state index contributed by atoms with van der Waals surface area (Å²) >= 11 is 0. The highest BCUT2D eigenvalue weighted by Gasteiger charge is 2.35.